The van der Waals surface area contributed by atoms with Crippen LogP contribution in [0.3, 0.4) is 0 Å². The summed E-state index contributed by atoms with van der Waals surface area (Å²) in [5, 5.41) is 1.13. The van der Waals surface area contributed by atoms with E-state index >= 15 is 0 Å². The highest BCUT2D eigenvalue weighted by Gasteiger charge is 2.21. The second-order valence-corrected chi connectivity index (χ2v) is 5.05. The summed E-state index contributed by atoms with van der Waals surface area (Å²) in [5.41, 5.74) is 12.3. The van der Waals surface area contributed by atoms with Crippen molar-refractivity contribution in [1.82, 2.24) is 4.57 Å². The van der Waals surface area contributed by atoms with Gasteiger partial charge in [-0.3, -0.25) is 14.2 Å². The highest BCUT2D eigenvalue weighted by molar-refractivity contribution is 5.92. The van der Waals surface area contributed by atoms with E-state index in [1.807, 2.05) is 6.07 Å². The van der Waals surface area contributed by atoms with Crippen LogP contribution in [0.1, 0.15) is 11.6 Å². The zero-order valence-electron chi connectivity index (χ0n) is 11.8. The van der Waals surface area contributed by atoms with Crippen LogP contribution in [-0.4, -0.2) is 10.5 Å². The molecule has 1 aromatic heterocycles. The molecule has 0 saturated carbocycles. The Morgan fingerprint density at radius 2 is 1.68 bits per heavy atom. The molecule has 2 aromatic carbocycles. The lowest BCUT2D eigenvalue weighted by Gasteiger charge is -2.18. The molecular formula is C17H15N3O2. The first-order valence-electron chi connectivity index (χ1n) is 6.83. The van der Waals surface area contributed by atoms with E-state index in [9.17, 15) is 9.59 Å². The average Bonchev–Trinajstić information content (AvgIpc) is 2.51. The molecule has 5 heteroatoms. The molecule has 1 heterocycles. The van der Waals surface area contributed by atoms with Crippen LogP contribution in [0.5, 0.6) is 0 Å². The molecule has 4 N–H and O–H groups in total. The van der Waals surface area contributed by atoms with Gasteiger partial charge < -0.3 is 11.5 Å². The number of amides is 1. The lowest BCUT2D eigenvalue weighted by Crippen LogP contribution is -2.34. The van der Waals surface area contributed by atoms with Crippen molar-refractivity contribution in [1.29, 1.82) is 0 Å². The third-order valence-corrected chi connectivity index (χ3v) is 3.67. The normalized spacial score (nSPS) is 12.2. The van der Waals surface area contributed by atoms with Crippen molar-refractivity contribution < 1.29 is 4.79 Å². The lowest BCUT2D eigenvalue weighted by molar-refractivity contribution is -0.120. The van der Waals surface area contributed by atoms with Crippen LogP contribution < -0.4 is 17.0 Å². The van der Waals surface area contributed by atoms with Crippen LogP contribution >= 0.6 is 0 Å². The Morgan fingerprint density at radius 3 is 2.36 bits per heavy atom. The van der Waals surface area contributed by atoms with Crippen molar-refractivity contribution in [3.8, 4) is 0 Å². The van der Waals surface area contributed by atoms with E-state index < -0.39 is 11.9 Å². The number of nitrogen functional groups attached to an aromatic ring is 1. The van der Waals surface area contributed by atoms with E-state index in [4.69, 9.17) is 11.5 Å². The number of carbonyl (C=O) groups excluding carboxylic acids is 1. The Morgan fingerprint density at radius 1 is 0.955 bits per heavy atom. The van der Waals surface area contributed by atoms with Gasteiger partial charge in [0.1, 0.15) is 6.04 Å². The first-order chi connectivity index (χ1) is 10.6. The van der Waals surface area contributed by atoms with Crippen molar-refractivity contribution in [2.24, 2.45) is 5.73 Å². The fourth-order valence-electron chi connectivity index (χ4n) is 2.62. The van der Waals surface area contributed by atoms with E-state index in [1.54, 1.807) is 54.7 Å². The fourth-order valence-corrected chi connectivity index (χ4v) is 2.62. The van der Waals surface area contributed by atoms with E-state index in [0.717, 1.165) is 0 Å². The van der Waals surface area contributed by atoms with E-state index in [2.05, 4.69) is 0 Å². The quantitative estimate of drug-likeness (QED) is 0.719. The van der Waals surface area contributed by atoms with Gasteiger partial charge in [0.2, 0.25) is 5.91 Å². The summed E-state index contributed by atoms with van der Waals surface area (Å²) < 4.78 is 1.35. The van der Waals surface area contributed by atoms with Gasteiger partial charge in [-0.1, -0.05) is 36.4 Å². The summed E-state index contributed by atoms with van der Waals surface area (Å²) in [7, 11) is 0. The molecule has 0 fully saturated rings. The van der Waals surface area contributed by atoms with Gasteiger partial charge >= 0.3 is 0 Å². The van der Waals surface area contributed by atoms with Gasteiger partial charge in [-0.05, 0) is 23.8 Å². The van der Waals surface area contributed by atoms with Gasteiger partial charge in [-0.15, -0.1) is 0 Å². The Hall–Kier alpha value is -3.08. The number of pyridine rings is 1. The van der Waals surface area contributed by atoms with Gasteiger partial charge in [-0.25, -0.2) is 0 Å². The molecule has 0 spiro atoms. The number of anilines is 1. The minimum atomic E-state index is -0.848. The molecule has 0 unspecified atom stereocenters. The van der Waals surface area contributed by atoms with Crippen molar-refractivity contribution in [2.45, 2.75) is 6.04 Å². The Bertz CT molecular complexity index is 901. The van der Waals surface area contributed by atoms with Crippen LogP contribution in [0.2, 0.25) is 0 Å². The molecule has 1 amide bonds. The van der Waals surface area contributed by atoms with Crippen LogP contribution in [0, 0.1) is 0 Å². The monoisotopic (exact) mass is 293 g/mol. The molecule has 0 aliphatic rings. The van der Waals surface area contributed by atoms with Crippen molar-refractivity contribution in [3.05, 3.63) is 76.7 Å². The highest BCUT2D eigenvalue weighted by atomic mass is 16.2. The molecule has 0 bridgehead atoms. The molecule has 110 valence electrons. The predicted molar refractivity (Wildman–Crippen MR) is 86.4 cm³/mol. The van der Waals surface area contributed by atoms with Crippen molar-refractivity contribution >= 4 is 22.4 Å². The Labute approximate surface area is 126 Å². The first kappa shape index (κ1) is 13.9. The number of hydrogen-bond acceptors (Lipinski definition) is 3. The van der Waals surface area contributed by atoms with Crippen molar-refractivity contribution in [2.75, 3.05) is 5.73 Å². The van der Waals surface area contributed by atoms with Gasteiger partial charge in [-0.2, -0.15) is 0 Å². The van der Waals surface area contributed by atoms with Gasteiger partial charge in [0.15, 0.2) is 0 Å². The third-order valence-electron chi connectivity index (χ3n) is 3.67. The highest BCUT2D eigenvalue weighted by Crippen LogP contribution is 2.21. The summed E-state index contributed by atoms with van der Waals surface area (Å²) in [6, 6.07) is 15.0. The Kier molecular flexibility index (Phi) is 3.39. The molecule has 22 heavy (non-hydrogen) atoms. The zero-order chi connectivity index (χ0) is 15.7. The molecule has 5 nitrogen and oxygen atoms in total. The molecule has 3 rings (SSSR count). The average molecular weight is 293 g/mol. The second-order valence-electron chi connectivity index (χ2n) is 5.05. The number of aromatic nitrogens is 1. The van der Waals surface area contributed by atoms with Crippen LogP contribution in [0.4, 0.5) is 5.69 Å². The van der Waals surface area contributed by atoms with Crippen LogP contribution in [0.15, 0.2) is 65.6 Å². The minimum Gasteiger partial charge on any atom is -0.398 e. The molecule has 0 saturated heterocycles. The number of rotatable bonds is 3. The smallest absolute Gasteiger partial charge is 0.259 e. The number of hydrogen-bond donors (Lipinski definition) is 2. The van der Waals surface area contributed by atoms with Crippen LogP contribution in [0.25, 0.3) is 10.8 Å². The molecular weight excluding hydrogens is 278 g/mol. The largest absolute Gasteiger partial charge is 0.398 e. The van der Waals surface area contributed by atoms with Gasteiger partial charge in [0.25, 0.3) is 5.56 Å². The fraction of sp³-hybridized carbons (Fsp3) is 0.0588. The number of fused-ring (bicyclic) bond motifs is 1. The maximum atomic E-state index is 12.7. The summed E-state index contributed by atoms with van der Waals surface area (Å²) in [4.78, 5) is 24.6. The van der Waals surface area contributed by atoms with Gasteiger partial charge in [0, 0.05) is 22.7 Å². The van der Waals surface area contributed by atoms with E-state index in [1.165, 1.54) is 4.57 Å². The molecule has 0 aliphatic carbocycles. The topological polar surface area (TPSA) is 91.1 Å². The predicted octanol–water partition coefficient (Wildman–Crippen LogP) is 1.66. The number of primary amides is 1. The number of nitrogens with zero attached hydrogens (tertiary/aromatic N) is 1. The van der Waals surface area contributed by atoms with Crippen molar-refractivity contribution in [3.63, 3.8) is 0 Å². The standard InChI is InChI=1S/C17H15N3O2/c18-14-8-4-7-13-12(14)9-10-20(17(13)22)15(16(19)21)11-5-2-1-3-6-11/h1-10,15H,18H2,(H2,19,21)/t15-/m1/s1. The SMILES string of the molecule is NC(=O)[C@@H](c1ccccc1)n1ccc2c(N)cccc2c1=O. The van der Waals surface area contributed by atoms with Crippen LogP contribution in [-0.2, 0) is 4.79 Å². The zero-order valence-corrected chi connectivity index (χ0v) is 11.8. The molecule has 0 aliphatic heterocycles. The molecule has 1 atom stereocenters. The number of carbonyl (C=O) groups is 1. The number of nitrogens with two attached hydrogens (primary N) is 2. The maximum Gasteiger partial charge on any atom is 0.259 e. The summed E-state index contributed by atoms with van der Waals surface area (Å²) in [5.74, 6) is -0.587. The summed E-state index contributed by atoms with van der Waals surface area (Å²) in [6.07, 6.45) is 1.56. The summed E-state index contributed by atoms with van der Waals surface area (Å²) in [6.45, 7) is 0. The lowest BCUT2D eigenvalue weighted by atomic mass is 10.0. The first-order valence-corrected chi connectivity index (χ1v) is 6.83. The minimum absolute atomic E-state index is 0.294. The summed E-state index contributed by atoms with van der Waals surface area (Å²) >= 11 is 0. The second kappa shape index (κ2) is 5.37. The molecule has 3 aromatic rings. The van der Waals surface area contributed by atoms with Gasteiger partial charge in [0.05, 0.1) is 0 Å². The maximum absolute atomic E-state index is 12.7. The Balaban J connectivity index is 2.26. The number of benzene rings is 2. The van der Waals surface area contributed by atoms with E-state index in [0.29, 0.717) is 22.0 Å². The molecule has 0 radical (unpaired) electrons. The van der Waals surface area contributed by atoms with E-state index in [-0.39, 0.29) is 5.56 Å². The third kappa shape index (κ3) is 2.22.